The molecule has 0 bridgehead atoms. The van der Waals surface area contributed by atoms with E-state index in [2.05, 4.69) is 4.98 Å². The number of rotatable bonds is 2. The van der Waals surface area contributed by atoms with Crippen LogP contribution in [0, 0.1) is 20.8 Å². The first-order valence-electron chi connectivity index (χ1n) is 8.61. The van der Waals surface area contributed by atoms with Crippen LogP contribution in [0.25, 0.3) is 27.5 Å². The number of hydrogen-bond acceptors (Lipinski definition) is 4. The molecule has 0 spiro atoms. The number of fused-ring (bicyclic) bond motifs is 2. The lowest BCUT2D eigenvalue weighted by Gasteiger charge is -2.16. The Morgan fingerprint density at radius 1 is 1.11 bits per heavy atom. The fraction of sp³-hybridized carbons (Fsp3) is 0.143. The number of anilines is 1. The maximum atomic E-state index is 12.1. The number of aromatic nitrogens is 2. The number of primary amides is 1. The van der Waals surface area contributed by atoms with Crippen LogP contribution in [0.4, 0.5) is 5.82 Å². The number of pyridine rings is 1. The number of nitrogens with zero attached hydrogens (tertiary/aromatic N) is 2. The summed E-state index contributed by atoms with van der Waals surface area (Å²) in [5.74, 6) is -0.244. The summed E-state index contributed by atoms with van der Waals surface area (Å²) in [6.45, 7) is 5.64. The molecule has 6 heteroatoms. The first kappa shape index (κ1) is 16.9. The van der Waals surface area contributed by atoms with Gasteiger partial charge in [0.2, 0.25) is 0 Å². The zero-order valence-corrected chi connectivity index (χ0v) is 15.4. The van der Waals surface area contributed by atoms with Crippen molar-refractivity contribution in [2.45, 2.75) is 20.8 Å². The highest BCUT2D eigenvalue weighted by molar-refractivity contribution is 6.12. The van der Waals surface area contributed by atoms with Crippen LogP contribution in [0.5, 0.6) is 5.75 Å². The van der Waals surface area contributed by atoms with E-state index in [4.69, 9.17) is 11.5 Å². The quantitative estimate of drug-likeness (QED) is 0.508. The molecule has 0 radical (unpaired) electrons. The van der Waals surface area contributed by atoms with Gasteiger partial charge in [-0.25, -0.2) is 4.98 Å². The summed E-state index contributed by atoms with van der Waals surface area (Å²) in [7, 11) is 0. The molecule has 0 saturated carbocycles. The summed E-state index contributed by atoms with van der Waals surface area (Å²) >= 11 is 0. The minimum absolute atomic E-state index is 0.148. The van der Waals surface area contributed by atoms with Crippen molar-refractivity contribution in [1.29, 1.82) is 0 Å². The maximum Gasteiger partial charge on any atom is 0.253 e. The summed E-state index contributed by atoms with van der Waals surface area (Å²) < 4.78 is 1.72. The third-order valence-electron chi connectivity index (χ3n) is 5.14. The second-order valence-corrected chi connectivity index (χ2v) is 6.81. The molecule has 4 aromatic rings. The first-order chi connectivity index (χ1) is 12.8. The lowest BCUT2D eigenvalue weighted by Crippen LogP contribution is -2.14. The fourth-order valence-corrected chi connectivity index (χ4v) is 3.60. The highest BCUT2D eigenvalue weighted by Crippen LogP contribution is 2.38. The number of aryl methyl sites for hydroxylation is 2. The molecule has 0 atom stereocenters. The van der Waals surface area contributed by atoms with Gasteiger partial charge in [-0.1, -0.05) is 24.3 Å². The molecule has 2 aromatic carbocycles. The normalized spacial score (nSPS) is 11.4. The van der Waals surface area contributed by atoms with Gasteiger partial charge in [0.05, 0.1) is 11.3 Å². The summed E-state index contributed by atoms with van der Waals surface area (Å²) in [5.41, 5.74) is 15.9. The molecule has 0 saturated heterocycles. The summed E-state index contributed by atoms with van der Waals surface area (Å²) in [6, 6.07) is 11.3. The van der Waals surface area contributed by atoms with E-state index in [-0.39, 0.29) is 17.1 Å². The van der Waals surface area contributed by atoms with Crippen LogP contribution in [0.2, 0.25) is 0 Å². The monoisotopic (exact) mass is 360 g/mol. The molecule has 4 rings (SSSR count). The van der Waals surface area contributed by atoms with Crippen molar-refractivity contribution in [3.8, 4) is 11.4 Å². The average molecular weight is 360 g/mol. The number of phenols is 1. The van der Waals surface area contributed by atoms with Gasteiger partial charge in [0, 0.05) is 22.0 Å². The lowest BCUT2D eigenvalue weighted by molar-refractivity contribution is 0.100. The van der Waals surface area contributed by atoms with Crippen molar-refractivity contribution in [1.82, 2.24) is 9.55 Å². The second-order valence-electron chi connectivity index (χ2n) is 6.81. The second kappa shape index (κ2) is 5.74. The van der Waals surface area contributed by atoms with E-state index in [1.807, 2.05) is 51.1 Å². The van der Waals surface area contributed by atoms with Crippen LogP contribution in [0.3, 0.4) is 0 Å². The number of nitrogens with two attached hydrogens (primary N) is 2. The molecule has 0 aliphatic rings. The van der Waals surface area contributed by atoms with Gasteiger partial charge in [-0.2, -0.15) is 0 Å². The Bertz CT molecular complexity index is 1250. The van der Waals surface area contributed by atoms with E-state index in [1.165, 1.54) is 0 Å². The molecule has 5 N–H and O–H groups in total. The minimum atomic E-state index is -0.608. The van der Waals surface area contributed by atoms with Crippen molar-refractivity contribution < 1.29 is 9.90 Å². The van der Waals surface area contributed by atoms with E-state index < -0.39 is 5.91 Å². The largest absolute Gasteiger partial charge is 0.508 e. The fourth-order valence-electron chi connectivity index (χ4n) is 3.60. The number of carbonyl (C=O) groups is 1. The van der Waals surface area contributed by atoms with E-state index >= 15 is 0 Å². The number of nitrogen functional groups attached to an aromatic ring is 1. The standard InChI is InChI=1S/C21H20N4O2/c1-10-8-15-17(20(23)27)19(22)25(21(15)24-12(10)3)18-11(2)16(26)9-13-6-4-5-7-14(13)18/h4-9,26H,22H2,1-3H3,(H2,23,27). The lowest BCUT2D eigenvalue weighted by atomic mass is 10.0. The van der Waals surface area contributed by atoms with Crippen LogP contribution >= 0.6 is 0 Å². The van der Waals surface area contributed by atoms with Gasteiger partial charge >= 0.3 is 0 Å². The topological polar surface area (TPSA) is 107 Å². The third kappa shape index (κ3) is 2.33. The minimum Gasteiger partial charge on any atom is -0.508 e. The SMILES string of the molecule is Cc1cc2c(C(N)=O)c(N)n(-c3c(C)c(O)cc4ccccc34)c2nc1C. The smallest absolute Gasteiger partial charge is 0.253 e. The van der Waals surface area contributed by atoms with Crippen LogP contribution in [-0.4, -0.2) is 20.6 Å². The van der Waals surface area contributed by atoms with Crippen molar-refractivity contribution in [3.63, 3.8) is 0 Å². The molecule has 0 aliphatic heterocycles. The molecular weight excluding hydrogens is 340 g/mol. The number of phenolic OH excluding ortho intramolecular Hbond substituents is 1. The molecule has 2 heterocycles. The summed E-state index contributed by atoms with van der Waals surface area (Å²) in [4.78, 5) is 16.8. The van der Waals surface area contributed by atoms with Crippen molar-refractivity contribution in [2.75, 3.05) is 5.73 Å². The molecule has 0 unspecified atom stereocenters. The van der Waals surface area contributed by atoms with Crippen molar-refractivity contribution in [3.05, 3.63) is 58.8 Å². The van der Waals surface area contributed by atoms with Crippen LogP contribution in [0.1, 0.15) is 27.2 Å². The molecule has 6 nitrogen and oxygen atoms in total. The van der Waals surface area contributed by atoms with Crippen molar-refractivity contribution in [2.24, 2.45) is 5.73 Å². The summed E-state index contributed by atoms with van der Waals surface area (Å²) in [5, 5.41) is 12.8. The Morgan fingerprint density at radius 3 is 2.52 bits per heavy atom. The van der Waals surface area contributed by atoms with Gasteiger partial charge in [-0.3, -0.25) is 9.36 Å². The third-order valence-corrected chi connectivity index (χ3v) is 5.14. The Balaban J connectivity index is 2.26. The zero-order chi connectivity index (χ0) is 19.5. The highest BCUT2D eigenvalue weighted by atomic mass is 16.3. The van der Waals surface area contributed by atoms with Crippen LogP contribution < -0.4 is 11.5 Å². The van der Waals surface area contributed by atoms with E-state index in [0.717, 1.165) is 22.0 Å². The maximum absolute atomic E-state index is 12.1. The first-order valence-corrected chi connectivity index (χ1v) is 8.61. The van der Waals surface area contributed by atoms with Crippen LogP contribution in [0.15, 0.2) is 36.4 Å². The van der Waals surface area contributed by atoms with E-state index in [0.29, 0.717) is 22.3 Å². The van der Waals surface area contributed by atoms with Gasteiger partial charge in [-0.05, 0) is 43.9 Å². The molecular formula is C21H20N4O2. The van der Waals surface area contributed by atoms with Crippen LogP contribution in [-0.2, 0) is 0 Å². The van der Waals surface area contributed by atoms with Gasteiger partial charge < -0.3 is 16.6 Å². The number of amides is 1. The predicted molar refractivity (Wildman–Crippen MR) is 107 cm³/mol. The molecule has 27 heavy (non-hydrogen) atoms. The predicted octanol–water partition coefficient (Wildman–Crippen LogP) is 3.49. The zero-order valence-electron chi connectivity index (χ0n) is 15.4. The van der Waals surface area contributed by atoms with E-state index in [9.17, 15) is 9.90 Å². The van der Waals surface area contributed by atoms with E-state index in [1.54, 1.807) is 10.6 Å². The summed E-state index contributed by atoms with van der Waals surface area (Å²) in [6.07, 6.45) is 0. The van der Waals surface area contributed by atoms with Gasteiger partial charge in [0.15, 0.2) is 0 Å². The number of aromatic hydroxyl groups is 1. The Labute approximate surface area is 156 Å². The Morgan fingerprint density at radius 2 is 1.81 bits per heavy atom. The Kier molecular flexibility index (Phi) is 3.59. The molecule has 1 amide bonds. The van der Waals surface area contributed by atoms with Gasteiger partial charge in [-0.15, -0.1) is 0 Å². The Hall–Kier alpha value is -3.54. The molecule has 136 valence electrons. The highest BCUT2D eigenvalue weighted by Gasteiger charge is 2.24. The number of carbonyl (C=O) groups excluding carboxylic acids is 1. The van der Waals surface area contributed by atoms with Gasteiger partial charge in [0.1, 0.15) is 17.2 Å². The molecule has 0 fully saturated rings. The number of hydrogen-bond donors (Lipinski definition) is 3. The van der Waals surface area contributed by atoms with Gasteiger partial charge in [0.25, 0.3) is 5.91 Å². The molecule has 0 aliphatic carbocycles. The number of benzene rings is 2. The molecule has 2 aromatic heterocycles. The van der Waals surface area contributed by atoms with Crippen molar-refractivity contribution >= 4 is 33.5 Å². The average Bonchev–Trinajstić information content (AvgIpc) is 2.88.